The van der Waals surface area contributed by atoms with Crippen LogP contribution in [0.3, 0.4) is 0 Å². The smallest absolute Gasteiger partial charge is 0.203 e. The van der Waals surface area contributed by atoms with Crippen molar-refractivity contribution in [2.75, 3.05) is 19.6 Å². The number of methoxy groups -OCH3 is 2. The van der Waals surface area contributed by atoms with Gasteiger partial charge in [-0.25, -0.2) is 4.98 Å². The van der Waals surface area contributed by atoms with Gasteiger partial charge in [-0.15, -0.1) is 11.3 Å². The largest absolute Gasteiger partial charge is 0.497 e. The van der Waals surface area contributed by atoms with Crippen molar-refractivity contribution in [3.05, 3.63) is 59.5 Å². The van der Waals surface area contributed by atoms with Crippen LogP contribution in [0.2, 0.25) is 0 Å². The van der Waals surface area contributed by atoms with Crippen LogP contribution < -0.4 is 14.9 Å². The third-order valence-corrected chi connectivity index (χ3v) is 4.12. The molecule has 0 aliphatic heterocycles. The number of nitrogens with zero attached hydrogens (tertiary/aromatic N) is 2. The molecule has 1 aromatic heterocycles. The number of thiazole rings is 1. The summed E-state index contributed by atoms with van der Waals surface area (Å²) in [5.74, 6) is 1.48. The van der Waals surface area contributed by atoms with Crippen LogP contribution in [0.15, 0.2) is 59.0 Å². The standard InChI is InChI=1S/C18H17N3O2S/c1-22-15-8-9-17(23-2)14(10-15)11-19-21-18-20-16(12-24-18)13-6-4-3-5-7-13/h3-12H,1-2H3,(H,20,21). The lowest BCUT2D eigenvalue weighted by molar-refractivity contribution is 0.402. The minimum absolute atomic E-state index is 0.727. The van der Waals surface area contributed by atoms with Gasteiger partial charge in [0.2, 0.25) is 5.13 Å². The second-order valence-electron chi connectivity index (χ2n) is 4.88. The molecular formula is C18H17N3O2S. The van der Waals surface area contributed by atoms with E-state index in [1.807, 2.05) is 53.9 Å². The fourth-order valence-electron chi connectivity index (χ4n) is 2.16. The Balaban J connectivity index is 1.72. The Morgan fingerprint density at radius 1 is 1.08 bits per heavy atom. The summed E-state index contributed by atoms with van der Waals surface area (Å²) in [6.45, 7) is 0. The van der Waals surface area contributed by atoms with E-state index in [2.05, 4.69) is 15.5 Å². The first-order valence-corrected chi connectivity index (χ1v) is 8.20. The number of hydrogen-bond acceptors (Lipinski definition) is 6. The van der Waals surface area contributed by atoms with Gasteiger partial charge in [-0.1, -0.05) is 30.3 Å². The summed E-state index contributed by atoms with van der Waals surface area (Å²) in [4.78, 5) is 4.53. The van der Waals surface area contributed by atoms with Crippen LogP contribution in [-0.2, 0) is 0 Å². The summed E-state index contributed by atoms with van der Waals surface area (Å²) >= 11 is 1.51. The van der Waals surface area contributed by atoms with Gasteiger partial charge in [0.25, 0.3) is 0 Å². The molecule has 0 saturated carbocycles. The lowest BCUT2D eigenvalue weighted by atomic mass is 10.2. The number of anilines is 1. The molecule has 0 atom stereocenters. The van der Waals surface area contributed by atoms with Crippen molar-refractivity contribution < 1.29 is 9.47 Å². The van der Waals surface area contributed by atoms with Gasteiger partial charge in [0.15, 0.2) is 0 Å². The number of ether oxygens (including phenoxy) is 2. The predicted molar refractivity (Wildman–Crippen MR) is 98.3 cm³/mol. The van der Waals surface area contributed by atoms with Crippen LogP contribution >= 0.6 is 11.3 Å². The van der Waals surface area contributed by atoms with E-state index in [1.54, 1.807) is 20.4 Å². The summed E-state index contributed by atoms with van der Waals surface area (Å²) in [5.41, 5.74) is 5.79. The molecule has 1 N–H and O–H groups in total. The highest BCUT2D eigenvalue weighted by molar-refractivity contribution is 7.14. The maximum Gasteiger partial charge on any atom is 0.203 e. The first kappa shape index (κ1) is 16.0. The topological polar surface area (TPSA) is 55.7 Å². The first-order chi connectivity index (χ1) is 11.8. The Bertz CT molecular complexity index is 831. The van der Waals surface area contributed by atoms with E-state index >= 15 is 0 Å². The minimum Gasteiger partial charge on any atom is -0.497 e. The van der Waals surface area contributed by atoms with E-state index < -0.39 is 0 Å². The van der Waals surface area contributed by atoms with E-state index in [1.165, 1.54) is 11.3 Å². The quantitative estimate of drug-likeness (QED) is 0.538. The van der Waals surface area contributed by atoms with Crippen molar-refractivity contribution >= 4 is 22.7 Å². The van der Waals surface area contributed by atoms with Gasteiger partial charge >= 0.3 is 0 Å². The van der Waals surface area contributed by atoms with Crippen LogP contribution in [0.1, 0.15) is 5.56 Å². The Morgan fingerprint density at radius 2 is 1.92 bits per heavy atom. The average Bonchev–Trinajstić information content (AvgIpc) is 3.11. The number of aromatic nitrogens is 1. The summed E-state index contributed by atoms with van der Waals surface area (Å²) in [6, 6.07) is 15.6. The molecule has 3 rings (SSSR count). The predicted octanol–water partition coefficient (Wildman–Crippen LogP) is 4.27. The van der Waals surface area contributed by atoms with Crippen LogP contribution in [-0.4, -0.2) is 25.4 Å². The minimum atomic E-state index is 0.727. The maximum absolute atomic E-state index is 5.32. The Kier molecular flexibility index (Phi) is 5.08. The normalized spacial score (nSPS) is 10.8. The lowest BCUT2D eigenvalue weighted by Gasteiger charge is -2.06. The Labute approximate surface area is 144 Å². The summed E-state index contributed by atoms with van der Waals surface area (Å²) < 4.78 is 10.5. The van der Waals surface area contributed by atoms with Gasteiger partial charge in [0.1, 0.15) is 11.5 Å². The molecular weight excluding hydrogens is 322 g/mol. The summed E-state index contributed by atoms with van der Waals surface area (Å²) in [5, 5.41) is 6.97. The molecule has 6 heteroatoms. The van der Waals surface area contributed by atoms with Crippen LogP contribution in [0.4, 0.5) is 5.13 Å². The number of hydrazone groups is 1. The van der Waals surface area contributed by atoms with Crippen molar-refractivity contribution in [1.82, 2.24) is 4.98 Å². The highest BCUT2D eigenvalue weighted by Crippen LogP contribution is 2.25. The van der Waals surface area contributed by atoms with Gasteiger partial charge in [-0.3, -0.25) is 5.43 Å². The zero-order valence-electron chi connectivity index (χ0n) is 13.4. The van der Waals surface area contributed by atoms with Crippen LogP contribution in [0, 0.1) is 0 Å². The number of rotatable bonds is 6. The SMILES string of the molecule is COc1ccc(OC)c(C=NNc2nc(-c3ccccc3)cs2)c1. The van der Waals surface area contributed by atoms with Gasteiger partial charge in [0, 0.05) is 16.5 Å². The molecule has 3 aromatic rings. The van der Waals surface area contributed by atoms with Gasteiger partial charge in [-0.05, 0) is 18.2 Å². The van der Waals surface area contributed by atoms with E-state index in [0.29, 0.717) is 0 Å². The van der Waals surface area contributed by atoms with E-state index in [-0.39, 0.29) is 0 Å². The van der Waals surface area contributed by atoms with Gasteiger partial charge in [0.05, 0.1) is 26.1 Å². The molecule has 1 heterocycles. The maximum atomic E-state index is 5.32. The summed E-state index contributed by atoms with van der Waals surface area (Å²) in [6.07, 6.45) is 1.69. The zero-order valence-corrected chi connectivity index (χ0v) is 14.2. The van der Waals surface area contributed by atoms with Crippen molar-refractivity contribution in [3.63, 3.8) is 0 Å². The molecule has 0 radical (unpaired) electrons. The summed E-state index contributed by atoms with van der Waals surface area (Å²) in [7, 11) is 3.25. The van der Waals surface area contributed by atoms with E-state index in [4.69, 9.17) is 9.47 Å². The van der Waals surface area contributed by atoms with E-state index in [0.717, 1.165) is 33.5 Å². The van der Waals surface area contributed by atoms with Crippen molar-refractivity contribution in [1.29, 1.82) is 0 Å². The Hall–Kier alpha value is -2.86. The molecule has 0 saturated heterocycles. The second-order valence-corrected chi connectivity index (χ2v) is 5.74. The molecule has 2 aromatic carbocycles. The van der Waals surface area contributed by atoms with Crippen molar-refractivity contribution in [3.8, 4) is 22.8 Å². The average molecular weight is 339 g/mol. The number of nitrogens with one attached hydrogen (secondary N) is 1. The monoisotopic (exact) mass is 339 g/mol. The fourth-order valence-corrected chi connectivity index (χ4v) is 2.83. The molecule has 0 fully saturated rings. The lowest BCUT2D eigenvalue weighted by Crippen LogP contribution is -1.95. The molecule has 0 aliphatic rings. The fraction of sp³-hybridized carbons (Fsp3) is 0.111. The molecule has 5 nitrogen and oxygen atoms in total. The molecule has 122 valence electrons. The molecule has 0 spiro atoms. The zero-order chi connectivity index (χ0) is 16.8. The van der Waals surface area contributed by atoms with Crippen molar-refractivity contribution in [2.45, 2.75) is 0 Å². The third kappa shape index (κ3) is 3.72. The van der Waals surface area contributed by atoms with Crippen LogP contribution in [0.25, 0.3) is 11.3 Å². The second kappa shape index (κ2) is 7.61. The van der Waals surface area contributed by atoms with Crippen LogP contribution in [0.5, 0.6) is 11.5 Å². The molecule has 0 unspecified atom stereocenters. The van der Waals surface area contributed by atoms with Gasteiger partial charge < -0.3 is 9.47 Å². The highest BCUT2D eigenvalue weighted by Gasteiger charge is 2.04. The molecule has 0 aliphatic carbocycles. The molecule has 0 bridgehead atoms. The third-order valence-electron chi connectivity index (χ3n) is 3.37. The van der Waals surface area contributed by atoms with Crippen molar-refractivity contribution in [2.24, 2.45) is 5.10 Å². The first-order valence-electron chi connectivity index (χ1n) is 7.32. The number of benzene rings is 2. The van der Waals surface area contributed by atoms with Gasteiger partial charge in [-0.2, -0.15) is 5.10 Å². The molecule has 24 heavy (non-hydrogen) atoms. The number of hydrogen-bond donors (Lipinski definition) is 1. The highest BCUT2D eigenvalue weighted by atomic mass is 32.1. The Morgan fingerprint density at radius 3 is 2.67 bits per heavy atom. The van der Waals surface area contributed by atoms with E-state index in [9.17, 15) is 0 Å². The molecule has 0 amide bonds.